The molecule has 0 aliphatic rings. The maximum Gasteiger partial charge on any atom is 0.420 e. The molecule has 0 amide bonds. The number of carbonyl (C=O) groups is 1. The molecule has 0 saturated carbocycles. The average molecular weight is 212 g/mol. The minimum Gasteiger partial charge on any atom is -0.480 e. The van der Waals surface area contributed by atoms with Crippen LogP contribution in [0.2, 0.25) is 0 Å². The smallest absolute Gasteiger partial charge is 0.420 e. The van der Waals surface area contributed by atoms with E-state index in [1.807, 2.05) is 20.8 Å². The molecule has 5 nitrogen and oxygen atoms in total. The number of aryl methyl sites for hydroxylation is 1. The molecule has 1 aromatic heterocycles. The van der Waals surface area contributed by atoms with Crippen molar-refractivity contribution in [1.82, 2.24) is 9.55 Å². The lowest BCUT2D eigenvalue weighted by atomic mass is 10.2. The summed E-state index contributed by atoms with van der Waals surface area (Å²) in [6.45, 7) is 7.16. The van der Waals surface area contributed by atoms with Crippen molar-refractivity contribution < 1.29 is 14.3 Å². The highest BCUT2D eigenvalue weighted by Crippen LogP contribution is 2.13. The summed E-state index contributed by atoms with van der Waals surface area (Å²) in [7, 11) is 1.50. The third-order valence-electron chi connectivity index (χ3n) is 1.66. The third-order valence-corrected chi connectivity index (χ3v) is 1.66. The van der Waals surface area contributed by atoms with Gasteiger partial charge in [-0.2, -0.15) is 4.98 Å². The SMILES string of the molecule is COc1cn(C(=O)OC(C)(C)C)c(C)n1. The minimum atomic E-state index is -0.513. The fourth-order valence-corrected chi connectivity index (χ4v) is 1.04. The lowest BCUT2D eigenvalue weighted by Gasteiger charge is -2.19. The fraction of sp³-hybridized carbons (Fsp3) is 0.600. The van der Waals surface area contributed by atoms with E-state index in [1.54, 1.807) is 6.92 Å². The Balaban J connectivity index is 2.87. The number of methoxy groups -OCH3 is 1. The molecule has 15 heavy (non-hydrogen) atoms. The van der Waals surface area contributed by atoms with Crippen molar-refractivity contribution in [2.45, 2.75) is 33.3 Å². The van der Waals surface area contributed by atoms with Crippen LogP contribution in [0, 0.1) is 6.92 Å². The second-order valence-corrected chi connectivity index (χ2v) is 4.18. The molecule has 0 spiro atoms. The molecule has 0 saturated heterocycles. The topological polar surface area (TPSA) is 53.4 Å². The zero-order chi connectivity index (χ0) is 11.6. The first kappa shape index (κ1) is 11.6. The summed E-state index contributed by atoms with van der Waals surface area (Å²) < 4.78 is 11.4. The summed E-state index contributed by atoms with van der Waals surface area (Å²) in [5, 5.41) is 0. The molecular formula is C10H16N2O3. The number of hydrogen-bond acceptors (Lipinski definition) is 4. The average Bonchev–Trinajstić information content (AvgIpc) is 2.43. The Bertz CT molecular complexity index is 363. The van der Waals surface area contributed by atoms with Crippen LogP contribution in [0.1, 0.15) is 26.6 Å². The Morgan fingerprint density at radius 1 is 1.47 bits per heavy atom. The highest BCUT2D eigenvalue weighted by Gasteiger charge is 2.19. The second-order valence-electron chi connectivity index (χ2n) is 4.18. The molecule has 0 fully saturated rings. The Morgan fingerprint density at radius 2 is 2.07 bits per heavy atom. The van der Waals surface area contributed by atoms with Gasteiger partial charge in [-0.1, -0.05) is 0 Å². The van der Waals surface area contributed by atoms with E-state index >= 15 is 0 Å². The van der Waals surface area contributed by atoms with Gasteiger partial charge in [0, 0.05) is 0 Å². The number of imidazole rings is 1. The fourth-order valence-electron chi connectivity index (χ4n) is 1.04. The van der Waals surface area contributed by atoms with Crippen LogP contribution in [0.3, 0.4) is 0 Å². The lowest BCUT2D eigenvalue weighted by Crippen LogP contribution is -2.27. The predicted molar refractivity (Wildman–Crippen MR) is 55.1 cm³/mol. The minimum absolute atomic E-state index is 0.401. The summed E-state index contributed by atoms with van der Waals surface area (Å²) in [6.07, 6.45) is 1.06. The molecule has 84 valence electrons. The number of aromatic nitrogens is 2. The normalized spacial score (nSPS) is 11.3. The van der Waals surface area contributed by atoms with Gasteiger partial charge >= 0.3 is 6.09 Å². The van der Waals surface area contributed by atoms with E-state index < -0.39 is 11.7 Å². The van der Waals surface area contributed by atoms with Crippen LogP contribution in [0.25, 0.3) is 0 Å². The van der Waals surface area contributed by atoms with Crippen molar-refractivity contribution in [2.75, 3.05) is 7.11 Å². The van der Waals surface area contributed by atoms with Gasteiger partial charge in [0.25, 0.3) is 0 Å². The van der Waals surface area contributed by atoms with Crippen LogP contribution >= 0.6 is 0 Å². The summed E-state index contributed by atoms with van der Waals surface area (Å²) in [6, 6.07) is 0. The molecule has 0 aliphatic carbocycles. The van der Waals surface area contributed by atoms with E-state index in [2.05, 4.69) is 4.98 Å². The van der Waals surface area contributed by atoms with Crippen molar-refractivity contribution >= 4 is 6.09 Å². The van der Waals surface area contributed by atoms with Gasteiger partial charge in [-0.25, -0.2) is 9.36 Å². The van der Waals surface area contributed by atoms with Gasteiger partial charge in [0.15, 0.2) is 0 Å². The van der Waals surface area contributed by atoms with Crippen LogP contribution in [0.15, 0.2) is 6.20 Å². The molecule has 0 N–H and O–H groups in total. The van der Waals surface area contributed by atoms with E-state index in [9.17, 15) is 4.79 Å². The molecular weight excluding hydrogens is 196 g/mol. The maximum atomic E-state index is 11.7. The summed E-state index contributed by atoms with van der Waals surface area (Å²) >= 11 is 0. The van der Waals surface area contributed by atoms with Crippen LogP contribution in [-0.2, 0) is 4.74 Å². The van der Waals surface area contributed by atoms with E-state index in [4.69, 9.17) is 9.47 Å². The quantitative estimate of drug-likeness (QED) is 0.714. The highest BCUT2D eigenvalue weighted by molar-refractivity contribution is 5.71. The molecule has 5 heteroatoms. The van der Waals surface area contributed by atoms with Crippen molar-refractivity contribution in [3.8, 4) is 5.88 Å². The van der Waals surface area contributed by atoms with Gasteiger partial charge < -0.3 is 9.47 Å². The summed E-state index contributed by atoms with van der Waals surface area (Å²) in [5.41, 5.74) is -0.513. The van der Waals surface area contributed by atoms with E-state index in [0.29, 0.717) is 11.7 Å². The van der Waals surface area contributed by atoms with Gasteiger partial charge in [0.2, 0.25) is 5.88 Å². The zero-order valence-corrected chi connectivity index (χ0v) is 9.70. The molecule has 0 aromatic carbocycles. The Labute approximate surface area is 89.0 Å². The Hall–Kier alpha value is -1.52. The van der Waals surface area contributed by atoms with E-state index in [0.717, 1.165) is 0 Å². The van der Waals surface area contributed by atoms with Gasteiger partial charge in [0.1, 0.15) is 11.4 Å². The van der Waals surface area contributed by atoms with Crippen molar-refractivity contribution in [3.05, 3.63) is 12.0 Å². The van der Waals surface area contributed by atoms with Gasteiger partial charge in [-0.15, -0.1) is 0 Å². The first-order valence-corrected chi connectivity index (χ1v) is 4.67. The number of nitrogens with zero attached hydrogens (tertiary/aromatic N) is 2. The number of carbonyl (C=O) groups excluding carboxylic acids is 1. The largest absolute Gasteiger partial charge is 0.480 e. The predicted octanol–water partition coefficient (Wildman–Crippen LogP) is 1.98. The van der Waals surface area contributed by atoms with Crippen molar-refractivity contribution in [3.63, 3.8) is 0 Å². The molecule has 0 atom stereocenters. The second kappa shape index (κ2) is 3.92. The first-order chi connectivity index (χ1) is 6.83. The molecule has 1 heterocycles. The van der Waals surface area contributed by atoms with Crippen LogP contribution in [-0.4, -0.2) is 28.4 Å². The number of ether oxygens (including phenoxy) is 2. The first-order valence-electron chi connectivity index (χ1n) is 4.67. The van der Waals surface area contributed by atoms with Crippen molar-refractivity contribution in [1.29, 1.82) is 0 Å². The Kier molecular flexibility index (Phi) is 3.02. The molecule has 1 aromatic rings. The molecule has 0 unspecified atom stereocenters. The third kappa shape index (κ3) is 2.97. The monoisotopic (exact) mass is 212 g/mol. The molecule has 0 radical (unpaired) electrons. The van der Waals surface area contributed by atoms with Crippen LogP contribution < -0.4 is 4.74 Å². The van der Waals surface area contributed by atoms with Gasteiger partial charge in [-0.05, 0) is 27.7 Å². The Morgan fingerprint density at radius 3 is 2.47 bits per heavy atom. The number of hydrogen-bond donors (Lipinski definition) is 0. The zero-order valence-electron chi connectivity index (χ0n) is 9.70. The molecule has 1 rings (SSSR count). The summed E-state index contributed by atoms with van der Waals surface area (Å²) in [5.74, 6) is 0.944. The van der Waals surface area contributed by atoms with Crippen LogP contribution in [0.5, 0.6) is 5.88 Å². The standard InChI is InChI=1S/C10H16N2O3/c1-7-11-8(14-5)6-12(7)9(13)15-10(2,3)4/h6H,1-5H3. The number of rotatable bonds is 1. The molecule has 0 bridgehead atoms. The van der Waals surface area contributed by atoms with Crippen molar-refractivity contribution in [2.24, 2.45) is 0 Å². The maximum absolute atomic E-state index is 11.7. The van der Waals surface area contributed by atoms with E-state index in [-0.39, 0.29) is 0 Å². The van der Waals surface area contributed by atoms with Gasteiger partial charge in [-0.3, -0.25) is 0 Å². The molecule has 0 aliphatic heterocycles. The lowest BCUT2D eigenvalue weighted by molar-refractivity contribution is 0.0533. The van der Waals surface area contributed by atoms with Gasteiger partial charge in [0.05, 0.1) is 13.3 Å². The highest BCUT2D eigenvalue weighted by atomic mass is 16.6. The van der Waals surface area contributed by atoms with Crippen LogP contribution in [0.4, 0.5) is 4.79 Å². The van der Waals surface area contributed by atoms with E-state index in [1.165, 1.54) is 17.9 Å². The summed E-state index contributed by atoms with van der Waals surface area (Å²) in [4.78, 5) is 15.7.